The van der Waals surface area contributed by atoms with Crippen LogP contribution in [0.3, 0.4) is 0 Å². The number of likely N-dealkylation sites (tertiary alicyclic amines) is 1. The molecule has 0 amide bonds. The second kappa shape index (κ2) is 8.52. The first-order valence-corrected chi connectivity index (χ1v) is 8.20. The summed E-state index contributed by atoms with van der Waals surface area (Å²) in [6, 6.07) is 10.7. The van der Waals surface area contributed by atoms with Gasteiger partial charge in [0.1, 0.15) is 0 Å². The average Bonchev–Trinajstić information content (AvgIpc) is 2.51. The number of rotatable bonds is 8. The molecule has 0 atom stereocenters. The summed E-state index contributed by atoms with van der Waals surface area (Å²) < 4.78 is 11.5. The second-order valence-electron chi connectivity index (χ2n) is 6.17. The predicted octanol–water partition coefficient (Wildman–Crippen LogP) is 3.48. The number of benzene rings is 1. The highest BCUT2D eigenvalue weighted by molar-refractivity contribution is 5.14. The van der Waals surface area contributed by atoms with Crippen molar-refractivity contribution in [2.45, 2.75) is 45.3 Å². The molecule has 1 aromatic rings. The molecule has 118 valence electrons. The zero-order chi connectivity index (χ0) is 15.0. The van der Waals surface area contributed by atoms with Gasteiger partial charge in [0.25, 0.3) is 0 Å². The highest BCUT2D eigenvalue weighted by Gasteiger charge is 2.30. The first-order chi connectivity index (χ1) is 10.2. The van der Waals surface area contributed by atoms with E-state index in [-0.39, 0.29) is 5.60 Å². The Morgan fingerprint density at radius 2 is 1.76 bits per heavy atom. The zero-order valence-corrected chi connectivity index (χ0v) is 13.5. The van der Waals surface area contributed by atoms with E-state index in [1.54, 1.807) is 0 Å². The number of ether oxygens (including phenoxy) is 2. The normalized spacial score (nSPS) is 18.8. The summed E-state index contributed by atoms with van der Waals surface area (Å²) in [5.74, 6) is 0. The van der Waals surface area contributed by atoms with Crippen molar-refractivity contribution in [2.75, 3.05) is 32.9 Å². The maximum absolute atomic E-state index is 6.06. The number of hydrogen-bond acceptors (Lipinski definition) is 3. The van der Waals surface area contributed by atoms with Crippen LogP contribution in [0, 0.1) is 0 Å². The van der Waals surface area contributed by atoms with Crippen LogP contribution in [0.15, 0.2) is 30.3 Å². The van der Waals surface area contributed by atoms with Gasteiger partial charge < -0.3 is 9.47 Å². The maximum atomic E-state index is 6.06. The van der Waals surface area contributed by atoms with Crippen LogP contribution in [0.2, 0.25) is 0 Å². The number of nitrogens with zero attached hydrogens (tertiary/aromatic N) is 1. The van der Waals surface area contributed by atoms with Crippen molar-refractivity contribution in [2.24, 2.45) is 0 Å². The molecular weight excluding hydrogens is 262 g/mol. The van der Waals surface area contributed by atoms with Gasteiger partial charge in [0.15, 0.2) is 0 Å². The Labute approximate surface area is 129 Å². The van der Waals surface area contributed by atoms with Crippen LogP contribution in [0.5, 0.6) is 0 Å². The van der Waals surface area contributed by atoms with Crippen LogP contribution >= 0.6 is 0 Å². The third kappa shape index (κ3) is 5.77. The molecule has 0 radical (unpaired) electrons. The van der Waals surface area contributed by atoms with Crippen molar-refractivity contribution in [3.63, 3.8) is 0 Å². The fraction of sp³-hybridized carbons (Fsp3) is 0.667. The summed E-state index contributed by atoms with van der Waals surface area (Å²) in [6.45, 7) is 9.92. The number of hydrogen-bond donors (Lipinski definition) is 0. The van der Waals surface area contributed by atoms with Crippen molar-refractivity contribution in [3.05, 3.63) is 35.9 Å². The van der Waals surface area contributed by atoms with Gasteiger partial charge in [-0.05, 0) is 31.7 Å². The topological polar surface area (TPSA) is 21.7 Å². The standard InChI is InChI=1S/C18H29NO2/c1-3-13-20-14-15-21-18(2)9-11-19(12-10-18)16-17-7-5-4-6-8-17/h4-8H,3,9-16H2,1-2H3. The lowest BCUT2D eigenvalue weighted by atomic mass is 9.93. The third-order valence-corrected chi connectivity index (χ3v) is 4.19. The Balaban J connectivity index is 1.67. The molecule has 1 aliphatic heterocycles. The van der Waals surface area contributed by atoms with E-state index in [2.05, 4.69) is 49.1 Å². The van der Waals surface area contributed by atoms with Crippen molar-refractivity contribution >= 4 is 0 Å². The Kier molecular flexibility index (Phi) is 6.68. The van der Waals surface area contributed by atoms with Gasteiger partial charge in [-0.3, -0.25) is 4.90 Å². The zero-order valence-electron chi connectivity index (χ0n) is 13.5. The second-order valence-corrected chi connectivity index (χ2v) is 6.17. The van der Waals surface area contributed by atoms with E-state index < -0.39 is 0 Å². The average molecular weight is 291 g/mol. The summed E-state index contributed by atoms with van der Waals surface area (Å²) in [5, 5.41) is 0. The highest BCUT2D eigenvalue weighted by Crippen LogP contribution is 2.26. The molecule has 1 saturated heterocycles. The van der Waals surface area contributed by atoms with E-state index in [4.69, 9.17) is 9.47 Å². The largest absolute Gasteiger partial charge is 0.379 e. The fourth-order valence-electron chi connectivity index (χ4n) is 2.76. The molecule has 0 N–H and O–H groups in total. The SMILES string of the molecule is CCCOCCOC1(C)CCN(Cc2ccccc2)CC1. The van der Waals surface area contributed by atoms with Crippen LogP contribution < -0.4 is 0 Å². The molecule has 0 unspecified atom stereocenters. The quantitative estimate of drug-likeness (QED) is 0.684. The molecule has 0 aliphatic carbocycles. The minimum atomic E-state index is 0.0305. The molecule has 2 rings (SSSR count). The van der Waals surface area contributed by atoms with Gasteiger partial charge in [0.05, 0.1) is 18.8 Å². The molecule has 0 aromatic heterocycles. The molecule has 21 heavy (non-hydrogen) atoms. The minimum absolute atomic E-state index is 0.0305. The van der Waals surface area contributed by atoms with E-state index in [1.807, 2.05) is 0 Å². The lowest BCUT2D eigenvalue weighted by Crippen LogP contribution is -2.44. The van der Waals surface area contributed by atoms with Gasteiger partial charge in [-0.1, -0.05) is 37.3 Å². The third-order valence-electron chi connectivity index (χ3n) is 4.19. The maximum Gasteiger partial charge on any atom is 0.0707 e. The van der Waals surface area contributed by atoms with Crippen LogP contribution in [0.4, 0.5) is 0 Å². The van der Waals surface area contributed by atoms with E-state index >= 15 is 0 Å². The van der Waals surface area contributed by atoms with E-state index in [0.29, 0.717) is 0 Å². The number of piperidine rings is 1. The lowest BCUT2D eigenvalue weighted by Gasteiger charge is -2.39. The molecule has 3 nitrogen and oxygen atoms in total. The van der Waals surface area contributed by atoms with Crippen molar-refractivity contribution < 1.29 is 9.47 Å². The van der Waals surface area contributed by atoms with Crippen LogP contribution in [0.1, 0.15) is 38.7 Å². The van der Waals surface area contributed by atoms with E-state index in [1.165, 1.54) is 5.56 Å². The molecule has 1 heterocycles. The van der Waals surface area contributed by atoms with Crippen LogP contribution in [-0.2, 0) is 16.0 Å². The van der Waals surface area contributed by atoms with Crippen LogP contribution in [0.25, 0.3) is 0 Å². The van der Waals surface area contributed by atoms with E-state index in [9.17, 15) is 0 Å². The Morgan fingerprint density at radius 1 is 1.05 bits per heavy atom. The predicted molar refractivity (Wildman–Crippen MR) is 86.4 cm³/mol. The van der Waals surface area contributed by atoms with Crippen molar-refractivity contribution in [3.8, 4) is 0 Å². The van der Waals surface area contributed by atoms with Gasteiger partial charge in [0.2, 0.25) is 0 Å². The van der Waals surface area contributed by atoms with Gasteiger partial charge >= 0.3 is 0 Å². The summed E-state index contributed by atoms with van der Waals surface area (Å²) in [4.78, 5) is 2.52. The minimum Gasteiger partial charge on any atom is -0.379 e. The Bertz CT molecular complexity index is 385. The Morgan fingerprint density at radius 3 is 2.43 bits per heavy atom. The molecule has 3 heteroatoms. The molecule has 0 spiro atoms. The highest BCUT2D eigenvalue weighted by atomic mass is 16.5. The Hall–Kier alpha value is -0.900. The summed E-state index contributed by atoms with van der Waals surface area (Å²) in [7, 11) is 0. The first kappa shape index (κ1) is 16.5. The summed E-state index contributed by atoms with van der Waals surface area (Å²) in [5.41, 5.74) is 1.43. The van der Waals surface area contributed by atoms with Gasteiger partial charge in [-0.2, -0.15) is 0 Å². The summed E-state index contributed by atoms with van der Waals surface area (Å²) >= 11 is 0. The fourth-order valence-corrected chi connectivity index (χ4v) is 2.76. The smallest absolute Gasteiger partial charge is 0.0707 e. The van der Waals surface area contributed by atoms with E-state index in [0.717, 1.165) is 58.7 Å². The lowest BCUT2D eigenvalue weighted by molar-refractivity contribution is -0.0883. The molecule has 1 fully saturated rings. The molecule has 0 bridgehead atoms. The van der Waals surface area contributed by atoms with Crippen molar-refractivity contribution in [1.29, 1.82) is 0 Å². The van der Waals surface area contributed by atoms with Gasteiger partial charge in [0, 0.05) is 26.2 Å². The molecule has 1 aliphatic rings. The van der Waals surface area contributed by atoms with Gasteiger partial charge in [-0.25, -0.2) is 0 Å². The first-order valence-electron chi connectivity index (χ1n) is 8.20. The monoisotopic (exact) mass is 291 g/mol. The molecular formula is C18H29NO2. The molecule has 0 saturated carbocycles. The van der Waals surface area contributed by atoms with Gasteiger partial charge in [-0.15, -0.1) is 0 Å². The van der Waals surface area contributed by atoms with Crippen LogP contribution in [-0.4, -0.2) is 43.4 Å². The van der Waals surface area contributed by atoms with Crippen molar-refractivity contribution in [1.82, 2.24) is 4.90 Å². The summed E-state index contributed by atoms with van der Waals surface area (Å²) in [6.07, 6.45) is 3.28. The molecule has 1 aromatic carbocycles.